The van der Waals surface area contributed by atoms with Gasteiger partial charge in [-0.15, -0.1) is 0 Å². The molecule has 3 saturated carbocycles. The third kappa shape index (κ3) is 1.73. The third-order valence-electron chi connectivity index (χ3n) is 8.19. The molecule has 0 saturated heterocycles. The zero-order chi connectivity index (χ0) is 15.8. The van der Waals surface area contributed by atoms with Crippen LogP contribution in [0, 0.1) is 40.9 Å². The molecule has 5 aliphatic carbocycles. The number of ketones is 1. The van der Waals surface area contributed by atoms with Crippen LogP contribution in [-0.2, 0) is 9.53 Å². The van der Waals surface area contributed by atoms with Gasteiger partial charge in [0.15, 0.2) is 0 Å². The van der Waals surface area contributed by atoms with E-state index in [9.17, 15) is 4.79 Å². The lowest BCUT2D eigenvalue weighted by molar-refractivity contribution is -0.136. The summed E-state index contributed by atoms with van der Waals surface area (Å²) in [4.78, 5) is 12.9. The van der Waals surface area contributed by atoms with E-state index in [1.165, 1.54) is 37.7 Å². The minimum Gasteiger partial charge on any atom is -0.501 e. The van der Waals surface area contributed by atoms with Crippen LogP contribution >= 0.6 is 0 Å². The highest BCUT2D eigenvalue weighted by Crippen LogP contribution is 2.71. The van der Waals surface area contributed by atoms with Crippen molar-refractivity contribution in [3.63, 3.8) is 0 Å². The first-order valence-electron chi connectivity index (χ1n) is 9.68. The van der Waals surface area contributed by atoms with Crippen LogP contribution in [0.15, 0.2) is 23.5 Å². The molecule has 2 heteroatoms. The molecule has 7 atom stereocenters. The van der Waals surface area contributed by atoms with E-state index in [2.05, 4.69) is 19.1 Å². The van der Waals surface area contributed by atoms with Gasteiger partial charge in [0.1, 0.15) is 5.78 Å². The molecule has 0 radical (unpaired) electrons. The van der Waals surface area contributed by atoms with Crippen molar-refractivity contribution in [3.8, 4) is 0 Å². The Morgan fingerprint density at radius 1 is 1.22 bits per heavy atom. The van der Waals surface area contributed by atoms with Crippen LogP contribution < -0.4 is 0 Å². The predicted octanol–water partition coefficient (Wildman–Crippen LogP) is 4.51. The maximum Gasteiger partial charge on any atom is 0.142 e. The Morgan fingerprint density at radius 3 is 2.87 bits per heavy atom. The molecule has 3 unspecified atom stereocenters. The molecule has 2 nitrogen and oxygen atoms in total. The molecular weight excluding hydrogens is 284 g/mol. The lowest BCUT2D eigenvalue weighted by atomic mass is 9.51. The summed E-state index contributed by atoms with van der Waals surface area (Å²) in [6.07, 6.45) is 13.1. The Balaban J connectivity index is 1.50. The molecule has 5 aliphatic rings. The van der Waals surface area contributed by atoms with E-state index in [0.717, 1.165) is 42.3 Å². The second-order valence-electron chi connectivity index (χ2n) is 8.67. The van der Waals surface area contributed by atoms with Gasteiger partial charge in [0.25, 0.3) is 0 Å². The van der Waals surface area contributed by atoms with Gasteiger partial charge in [0, 0.05) is 17.8 Å². The molecule has 5 rings (SSSR count). The van der Waals surface area contributed by atoms with Crippen LogP contribution in [0.3, 0.4) is 0 Å². The summed E-state index contributed by atoms with van der Waals surface area (Å²) in [5.74, 6) is 6.05. The van der Waals surface area contributed by atoms with Gasteiger partial charge >= 0.3 is 0 Å². The molecule has 124 valence electrons. The Bertz CT molecular complexity index is 615. The zero-order valence-corrected chi connectivity index (χ0v) is 14.4. The topological polar surface area (TPSA) is 26.3 Å². The molecule has 0 aromatic rings. The van der Waals surface area contributed by atoms with Crippen molar-refractivity contribution < 1.29 is 9.53 Å². The first kappa shape index (κ1) is 14.3. The molecule has 23 heavy (non-hydrogen) atoms. The van der Waals surface area contributed by atoms with Crippen molar-refractivity contribution in [2.45, 2.75) is 51.9 Å². The fourth-order valence-corrected chi connectivity index (χ4v) is 7.12. The smallest absolute Gasteiger partial charge is 0.142 e. The molecule has 0 spiro atoms. The minimum absolute atomic E-state index is 0.0717. The molecule has 0 N–H and O–H groups in total. The minimum atomic E-state index is 0.0717. The van der Waals surface area contributed by atoms with Crippen molar-refractivity contribution in [2.24, 2.45) is 40.9 Å². The molecule has 0 aromatic heterocycles. The van der Waals surface area contributed by atoms with E-state index < -0.39 is 0 Å². The summed E-state index contributed by atoms with van der Waals surface area (Å²) >= 11 is 0. The number of allylic oxidation sites excluding steroid dienone is 4. The average Bonchev–Trinajstić information content (AvgIpc) is 3.34. The average molecular weight is 312 g/mol. The van der Waals surface area contributed by atoms with Gasteiger partial charge in [0.05, 0.1) is 12.9 Å². The molecule has 0 bridgehead atoms. The van der Waals surface area contributed by atoms with E-state index in [-0.39, 0.29) is 5.41 Å². The first-order chi connectivity index (χ1) is 11.2. The van der Waals surface area contributed by atoms with E-state index in [0.29, 0.717) is 17.6 Å². The van der Waals surface area contributed by atoms with Crippen molar-refractivity contribution in [3.05, 3.63) is 23.5 Å². The molecule has 0 heterocycles. The van der Waals surface area contributed by atoms with E-state index in [1.807, 2.05) is 0 Å². The Kier molecular flexibility index (Phi) is 2.95. The number of ether oxygens (including phenoxy) is 1. The van der Waals surface area contributed by atoms with Crippen molar-refractivity contribution in [1.82, 2.24) is 0 Å². The van der Waals surface area contributed by atoms with Crippen LogP contribution in [0.4, 0.5) is 0 Å². The highest BCUT2D eigenvalue weighted by molar-refractivity contribution is 5.93. The van der Waals surface area contributed by atoms with Gasteiger partial charge in [-0.05, 0) is 79.8 Å². The standard InChI is InChI=1S/C21H28O2/c1-3-21-9-8-15-14-7-5-13(23-2)10-12(14)4-6-16(15)19(21)17-11-18(17)20(21)22/h4,10,14-19H,3,5-9,11H2,1-2H3/t14-,15?,16?,17+,18-,19?,21-/m0/s1. The van der Waals surface area contributed by atoms with Gasteiger partial charge in [-0.25, -0.2) is 0 Å². The molecule has 0 aromatic carbocycles. The molecular formula is C21H28O2. The lowest BCUT2D eigenvalue weighted by Gasteiger charge is -2.52. The number of carbonyl (C=O) groups excluding carboxylic acids is 1. The third-order valence-corrected chi connectivity index (χ3v) is 8.19. The summed E-state index contributed by atoms with van der Waals surface area (Å²) in [5, 5.41) is 0. The number of fused-ring (bicyclic) bond motifs is 7. The number of carbonyl (C=O) groups is 1. The maximum absolute atomic E-state index is 12.9. The Hall–Kier alpha value is -1.05. The normalized spacial score (nSPS) is 50.1. The number of hydrogen-bond acceptors (Lipinski definition) is 2. The summed E-state index contributed by atoms with van der Waals surface area (Å²) in [6.45, 7) is 2.27. The lowest BCUT2D eigenvalue weighted by Crippen LogP contribution is -2.48. The van der Waals surface area contributed by atoms with Crippen molar-refractivity contribution in [2.75, 3.05) is 7.11 Å². The Labute approximate surface area is 139 Å². The highest BCUT2D eigenvalue weighted by atomic mass is 16.5. The number of hydrogen-bond donors (Lipinski definition) is 0. The van der Waals surface area contributed by atoms with Crippen molar-refractivity contribution in [1.29, 1.82) is 0 Å². The van der Waals surface area contributed by atoms with Gasteiger partial charge in [0.2, 0.25) is 0 Å². The van der Waals surface area contributed by atoms with E-state index in [1.54, 1.807) is 7.11 Å². The van der Waals surface area contributed by atoms with Gasteiger partial charge in [-0.2, -0.15) is 0 Å². The number of Topliss-reactive ketones (excluding diaryl/α,β-unsaturated/α-hetero) is 1. The van der Waals surface area contributed by atoms with Crippen LogP contribution in [0.2, 0.25) is 0 Å². The summed E-state index contributed by atoms with van der Waals surface area (Å²) in [5.41, 5.74) is 1.61. The molecule has 0 amide bonds. The van der Waals surface area contributed by atoms with Gasteiger partial charge in [-0.3, -0.25) is 4.79 Å². The SMILES string of the molecule is CC[C@]12CCC3C(CC=C4C=C(OC)CC[C@@H]43)C1[C@@H]1C[C@@H]1C2=O. The van der Waals surface area contributed by atoms with Gasteiger partial charge < -0.3 is 4.74 Å². The van der Waals surface area contributed by atoms with E-state index in [4.69, 9.17) is 4.74 Å². The maximum atomic E-state index is 12.9. The second kappa shape index (κ2) is 4.74. The largest absolute Gasteiger partial charge is 0.501 e. The molecule has 3 fully saturated rings. The summed E-state index contributed by atoms with van der Waals surface area (Å²) < 4.78 is 5.49. The van der Waals surface area contributed by atoms with E-state index >= 15 is 0 Å². The predicted molar refractivity (Wildman–Crippen MR) is 89.5 cm³/mol. The zero-order valence-electron chi connectivity index (χ0n) is 14.4. The van der Waals surface area contributed by atoms with Gasteiger partial charge in [-0.1, -0.05) is 13.0 Å². The van der Waals surface area contributed by atoms with Crippen LogP contribution in [0.5, 0.6) is 0 Å². The van der Waals surface area contributed by atoms with Crippen molar-refractivity contribution >= 4 is 5.78 Å². The number of rotatable bonds is 2. The van der Waals surface area contributed by atoms with Crippen LogP contribution in [-0.4, -0.2) is 12.9 Å². The summed E-state index contributed by atoms with van der Waals surface area (Å²) in [7, 11) is 1.80. The highest BCUT2D eigenvalue weighted by Gasteiger charge is 2.70. The van der Waals surface area contributed by atoms with Crippen LogP contribution in [0.1, 0.15) is 51.9 Å². The summed E-state index contributed by atoms with van der Waals surface area (Å²) in [6, 6.07) is 0. The second-order valence-corrected chi connectivity index (χ2v) is 8.67. The monoisotopic (exact) mass is 312 g/mol. The fraction of sp³-hybridized carbons (Fsp3) is 0.762. The quantitative estimate of drug-likeness (QED) is 0.749. The Morgan fingerprint density at radius 2 is 2.09 bits per heavy atom. The fourth-order valence-electron chi connectivity index (χ4n) is 7.12. The number of methoxy groups -OCH3 is 1. The first-order valence-corrected chi connectivity index (χ1v) is 9.68. The van der Waals surface area contributed by atoms with Crippen LogP contribution in [0.25, 0.3) is 0 Å². The molecule has 0 aliphatic heterocycles.